The molecule has 0 bridgehead atoms. The molecule has 0 aromatic carbocycles. The number of nitrogens with one attached hydrogen (secondary N) is 4. The van der Waals surface area contributed by atoms with Gasteiger partial charge in [-0.2, -0.15) is 5.26 Å². The standard InChI is InChI=1S/C27H46ClN5O3/c1-3-26(34)33-23-12-20-22(13-25(23)35-4-2)31-15-17(14-29)27(20)32-18-8-9-24(21(28)11-18)36-16-19-7-5-6-10-30-19/h17-25,27,30-32H,3-13,15-16H2,1-2H3,(H,33,34). The quantitative estimate of drug-likeness (QED) is 0.344. The van der Waals surface area contributed by atoms with Crippen molar-refractivity contribution in [1.29, 1.82) is 5.26 Å². The highest BCUT2D eigenvalue weighted by atomic mass is 35.5. The number of carbonyl (C=O) groups is 1. The van der Waals surface area contributed by atoms with Crippen LogP contribution in [0.4, 0.5) is 0 Å². The van der Waals surface area contributed by atoms with Gasteiger partial charge in [0.1, 0.15) is 0 Å². The summed E-state index contributed by atoms with van der Waals surface area (Å²) >= 11 is 6.84. The van der Waals surface area contributed by atoms with Crippen LogP contribution in [0.25, 0.3) is 0 Å². The Morgan fingerprint density at radius 2 is 1.94 bits per heavy atom. The van der Waals surface area contributed by atoms with Crippen LogP contribution in [0.1, 0.15) is 71.6 Å². The minimum absolute atomic E-state index is 0.00278. The Bertz CT molecular complexity index is 745. The predicted octanol–water partition coefficient (Wildman–Crippen LogP) is 2.45. The van der Waals surface area contributed by atoms with Crippen LogP contribution >= 0.6 is 11.6 Å². The van der Waals surface area contributed by atoms with Crippen molar-refractivity contribution in [2.45, 2.75) is 119 Å². The summed E-state index contributed by atoms with van der Waals surface area (Å²) in [5, 5.41) is 24.2. The maximum absolute atomic E-state index is 12.2. The molecule has 2 saturated heterocycles. The van der Waals surface area contributed by atoms with Gasteiger partial charge < -0.3 is 30.7 Å². The first kappa shape index (κ1) is 28.1. The number of carbonyl (C=O) groups excluding carboxylic acids is 1. The average Bonchev–Trinajstić information content (AvgIpc) is 2.89. The molecule has 4 rings (SSSR count). The molecule has 9 heteroatoms. The molecule has 8 nitrogen and oxygen atoms in total. The largest absolute Gasteiger partial charge is 0.376 e. The minimum Gasteiger partial charge on any atom is -0.376 e. The fourth-order valence-corrected chi connectivity index (χ4v) is 7.18. The summed E-state index contributed by atoms with van der Waals surface area (Å²) in [5.41, 5.74) is 0. The summed E-state index contributed by atoms with van der Waals surface area (Å²) in [4.78, 5) is 12.2. The van der Waals surface area contributed by atoms with Gasteiger partial charge in [0, 0.05) is 43.7 Å². The van der Waals surface area contributed by atoms with E-state index in [-0.39, 0.29) is 59.5 Å². The lowest BCUT2D eigenvalue weighted by Crippen LogP contribution is -2.66. The van der Waals surface area contributed by atoms with Gasteiger partial charge in [0.25, 0.3) is 0 Å². The zero-order chi connectivity index (χ0) is 25.5. The molecule has 204 valence electrons. The number of fused-ring (bicyclic) bond motifs is 1. The molecule has 2 saturated carbocycles. The Labute approximate surface area is 221 Å². The highest BCUT2D eigenvalue weighted by Crippen LogP contribution is 2.36. The molecule has 10 unspecified atom stereocenters. The van der Waals surface area contributed by atoms with Gasteiger partial charge in [-0.25, -0.2) is 0 Å². The Morgan fingerprint density at radius 1 is 1.08 bits per heavy atom. The maximum Gasteiger partial charge on any atom is 0.220 e. The molecule has 0 radical (unpaired) electrons. The van der Waals surface area contributed by atoms with Crippen molar-refractivity contribution in [3.05, 3.63) is 0 Å². The van der Waals surface area contributed by atoms with E-state index in [1.165, 1.54) is 19.3 Å². The molecule has 4 aliphatic rings. The van der Waals surface area contributed by atoms with Crippen LogP contribution in [-0.2, 0) is 14.3 Å². The van der Waals surface area contributed by atoms with Crippen LogP contribution < -0.4 is 21.3 Å². The fourth-order valence-electron chi connectivity index (χ4n) is 6.76. The Morgan fingerprint density at radius 3 is 2.64 bits per heavy atom. The number of nitriles is 1. The van der Waals surface area contributed by atoms with Crippen molar-refractivity contribution < 1.29 is 14.3 Å². The zero-order valence-corrected chi connectivity index (χ0v) is 22.8. The number of nitrogens with zero attached hydrogens (tertiary/aromatic N) is 1. The Hall–Kier alpha value is -0.950. The Balaban J connectivity index is 1.35. The second-order valence-electron chi connectivity index (χ2n) is 11.1. The van der Waals surface area contributed by atoms with Crippen molar-refractivity contribution in [1.82, 2.24) is 21.3 Å². The van der Waals surface area contributed by atoms with E-state index in [4.69, 9.17) is 21.1 Å². The van der Waals surface area contributed by atoms with Gasteiger partial charge in [0.05, 0.1) is 42.2 Å². The van der Waals surface area contributed by atoms with E-state index in [0.717, 1.165) is 45.3 Å². The summed E-state index contributed by atoms with van der Waals surface area (Å²) in [6.45, 7) is 7.01. The smallest absolute Gasteiger partial charge is 0.220 e. The van der Waals surface area contributed by atoms with Gasteiger partial charge in [-0.1, -0.05) is 13.3 Å². The number of hydrogen-bond donors (Lipinski definition) is 4. The van der Waals surface area contributed by atoms with E-state index in [0.29, 0.717) is 25.6 Å². The molecule has 36 heavy (non-hydrogen) atoms. The van der Waals surface area contributed by atoms with Gasteiger partial charge in [0.2, 0.25) is 5.91 Å². The molecule has 2 aliphatic heterocycles. The molecule has 2 heterocycles. The number of ether oxygens (including phenoxy) is 2. The normalized spacial score (nSPS) is 41.2. The van der Waals surface area contributed by atoms with Crippen LogP contribution in [0.2, 0.25) is 0 Å². The molecule has 1 amide bonds. The molecular formula is C27H46ClN5O3. The van der Waals surface area contributed by atoms with E-state index in [2.05, 4.69) is 27.3 Å². The molecule has 0 aromatic rings. The van der Waals surface area contributed by atoms with Crippen LogP contribution in [0.5, 0.6) is 0 Å². The van der Waals surface area contributed by atoms with Crippen molar-refractivity contribution >= 4 is 17.5 Å². The lowest BCUT2D eigenvalue weighted by molar-refractivity contribution is -0.124. The van der Waals surface area contributed by atoms with E-state index < -0.39 is 0 Å². The van der Waals surface area contributed by atoms with Gasteiger partial charge in [-0.05, 0) is 64.3 Å². The summed E-state index contributed by atoms with van der Waals surface area (Å²) < 4.78 is 12.3. The zero-order valence-electron chi connectivity index (χ0n) is 22.0. The van der Waals surface area contributed by atoms with Crippen LogP contribution in [0.3, 0.4) is 0 Å². The number of alkyl halides is 1. The lowest BCUT2D eigenvalue weighted by Gasteiger charge is -2.50. The number of halogens is 1. The third-order valence-electron chi connectivity index (χ3n) is 8.75. The monoisotopic (exact) mass is 523 g/mol. The van der Waals surface area contributed by atoms with E-state index in [1.54, 1.807) is 0 Å². The number of hydrogen-bond acceptors (Lipinski definition) is 7. The van der Waals surface area contributed by atoms with E-state index >= 15 is 0 Å². The minimum atomic E-state index is -0.113. The van der Waals surface area contributed by atoms with Gasteiger partial charge in [0.15, 0.2) is 0 Å². The van der Waals surface area contributed by atoms with Crippen molar-refractivity contribution in [2.24, 2.45) is 11.8 Å². The van der Waals surface area contributed by atoms with E-state index in [1.807, 2.05) is 13.8 Å². The molecule has 2 aliphatic carbocycles. The number of rotatable bonds is 9. The average molecular weight is 524 g/mol. The second-order valence-corrected chi connectivity index (χ2v) is 11.7. The summed E-state index contributed by atoms with van der Waals surface area (Å²) in [6.07, 6.45) is 8.71. The maximum atomic E-state index is 12.2. The fraction of sp³-hybridized carbons (Fsp3) is 0.926. The van der Waals surface area contributed by atoms with Crippen LogP contribution in [0.15, 0.2) is 0 Å². The topological polar surface area (TPSA) is 107 Å². The molecule has 0 spiro atoms. The first-order valence-corrected chi connectivity index (χ1v) is 14.7. The molecule has 4 N–H and O–H groups in total. The van der Waals surface area contributed by atoms with Crippen LogP contribution in [0, 0.1) is 23.2 Å². The first-order chi connectivity index (χ1) is 17.5. The molecular weight excluding hydrogens is 478 g/mol. The number of piperidine rings is 2. The third kappa shape index (κ3) is 7.12. The molecule has 4 fully saturated rings. The summed E-state index contributed by atoms with van der Waals surface area (Å²) in [7, 11) is 0. The van der Waals surface area contributed by atoms with E-state index in [9.17, 15) is 10.1 Å². The van der Waals surface area contributed by atoms with Crippen LogP contribution in [-0.4, -0.2) is 80.0 Å². The Kier molecular flexibility index (Phi) is 10.7. The van der Waals surface area contributed by atoms with Gasteiger partial charge >= 0.3 is 0 Å². The van der Waals surface area contributed by atoms with Crippen molar-refractivity contribution in [2.75, 3.05) is 26.3 Å². The summed E-state index contributed by atoms with van der Waals surface area (Å²) in [6, 6.07) is 3.59. The van der Waals surface area contributed by atoms with Crippen molar-refractivity contribution in [3.8, 4) is 6.07 Å². The predicted molar refractivity (Wildman–Crippen MR) is 141 cm³/mol. The molecule has 10 atom stereocenters. The highest BCUT2D eigenvalue weighted by molar-refractivity contribution is 6.21. The van der Waals surface area contributed by atoms with Gasteiger partial charge in [-0.3, -0.25) is 4.79 Å². The first-order valence-electron chi connectivity index (χ1n) is 14.3. The summed E-state index contributed by atoms with van der Waals surface area (Å²) in [5.74, 6) is 0.194. The third-order valence-corrected chi connectivity index (χ3v) is 9.21. The number of amides is 1. The highest BCUT2D eigenvalue weighted by Gasteiger charge is 2.47. The van der Waals surface area contributed by atoms with Gasteiger partial charge in [-0.15, -0.1) is 11.6 Å². The SMILES string of the molecule is CCOC1CC2NCC(C#N)C(NC3CCC(OCC4CCCCN4)C(Cl)C3)C2CC1NC(=O)CC. The molecule has 0 aromatic heterocycles. The van der Waals surface area contributed by atoms with Crippen molar-refractivity contribution in [3.63, 3.8) is 0 Å². The second kappa shape index (κ2) is 13.7. The lowest BCUT2D eigenvalue weighted by atomic mass is 9.69.